The predicted octanol–water partition coefficient (Wildman–Crippen LogP) is 0.593. The molecule has 1 aliphatic carbocycles. The van der Waals surface area contributed by atoms with Crippen LogP contribution >= 0.6 is 0 Å². The van der Waals surface area contributed by atoms with Crippen molar-refractivity contribution in [3.63, 3.8) is 0 Å². The fourth-order valence-electron chi connectivity index (χ4n) is 4.91. The molecular weight excluding hydrogens is 352 g/mol. The molecule has 0 aromatic rings. The van der Waals surface area contributed by atoms with Gasteiger partial charge in [-0.15, -0.1) is 0 Å². The third kappa shape index (κ3) is 3.30. The summed E-state index contributed by atoms with van der Waals surface area (Å²) in [5.41, 5.74) is -0.471. The highest BCUT2D eigenvalue weighted by atomic mass is 32.2. The van der Waals surface area contributed by atoms with Gasteiger partial charge in [0, 0.05) is 52.4 Å². The van der Waals surface area contributed by atoms with Gasteiger partial charge < -0.3 is 9.80 Å². The number of hydrogen-bond donors (Lipinski definition) is 0. The van der Waals surface area contributed by atoms with Crippen LogP contribution in [0.25, 0.3) is 0 Å². The van der Waals surface area contributed by atoms with E-state index in [0.717, 1.165) is 39.0 Å². The number of amides is 1. The minimum absolute atomic E-state index is 0.215. The average Bonchev–Trinajstić information content (AvgIpc) is 3.01. The number of piperazine rings is 1. The van der Waals surface area contributed by atoms with Gasteiger partial charge in [-0.25, -0.2) is 0 Å². The second-order valence-corrected chi connectivity index (χ2v) is 10.7. The molecule has 3 saturated heterocycles. The number of rotatable bonds is 4. The molecule has 148 valence electrons. The van der Waals surface area contributed by atoms with Gasteiger partial charge in [0.25, 0.3) is 10.2 Å². The molecule has 0 aromatic heterocycles. The van der Waals surface area contributed by atoms with Crippen molar-refractivity contribution in [2.45, 2.75) is 38.5 Å². The maximum Gasteiger partial charge on any atom is 0.282 e. The largest absolute Gasteiger partial charge is 0.342 e. The van der Waals surface area contributed by atoms with Crippen LogP contribution in [0.15, 0.2) is 0 Å². The van der Waals surface area contributed by atoms with Crippen LogP contribution in [0.5, 0.6) is 0 Å². The minimum Gasteiger partial charge on any atom is -0.342 e. The normalized spacial score (nSPS) is 33.1. The van der Waals surface area contributed by atoms with Crippen molar-refractivity contribution in [3.8, 4) is 0 Å². The zero-order valence-corrected chi connectivity index (χ0v) is 16.7. The third-order valence-corrected chi connectivity index (χ3v) is 8.94. The molecule has 7 nitrogen and oxygen atoms in total. The molecule has 8 heteroatoms. The average molecular weight is 385 g/mol. The second kappa shape index (κ2) is 7.04. The highest BCUT2D eigenvalue weighted by molar-refractivity contribution is 7.86. The van der Waals surface area contributed by atoms with E-state index in [0.29, 0.717) is 38.5 Å². The molecule has 0 N–H and O–H groups in total. The summed E-state index contributed by atoms with van der Waals surface area (Å²) in [7, 11) is -1.43. The first-order valence-corrected chi connectivity index (χ1v) is 11.5. The highest BCUT2D eigenvalue weighted by Crippen LogP contribution is 2.42. The van der Waals surface area contributed by atoms with E-state index in [1.165, 1.54) is 19.3 Å². The predicted molar refractivity (Wildman–Crippen MR) is 99.8 cm³/mol. The molecule has 0 radical (unpaired) electrons. The first-order valence-electron chi connectivity index (χ1n) is 10.1. The topological polar surface area (TPSA) is 64.2 Å². The zero-order valence-electron chi connectivity index (χ0n) is 15.9. The van der Waals surface area contributed by atoms with Crippen molar-refractivity contribution in [1.82, 2.24) is 18.4 Å². The maximum atomic E-state index is 13.2. The Bertz CT molecular complexity index is 643. The second-order valence-electron chi connectivity index (χ2n) is 8.73. The highest BCUT2D eigenvalue weighted by Gasteiger charge is 2.52. The monoisotopic (exact) mass is 384 g/mol. The standard InChI is InChI=1S/C18H32N4O3S/c1-19-10-12-21(13-11-19)26(24,25)22-9-7-18(15-22)6-3-8-20(17(18)23)14-16-4-2-5-16/h16H,2-15H2,1H3. The van der Waals surface area contributed by atoms with E-state index < -0.39 is 15.6 Å². The molecule has 4 aliphatic rings. The van der Waals surface area contributed by atoms with Gasteiger partial charge in [-0.3, -0.25) is 4.79 Å². The van der Waals surface area contributed by atoms with Crippen molar-refractivity contribution in [3.05, 3.63) is 0 Å². The van der Waals surface area contributed by atoms with Gasteiger partial charge in [-0.1, -0.05) is 6.42 Å². The summed E-state index contributed by atoms with van der Waals surface area (Å²) in [6.45, 7) is 5.22. The Morgan fingerprint density at radius 2 is 1.69 bits per heavy atom. The molecule has 1 unspecified atom stereocenters. The van der Waals surface area contributed by atoms with Gasteiger partial charge in [-0.2, -0.15) is 17.0 Å². The van der Waals surface area contributed by atoms with E-state index in [4.69, 9.17) is 0 Å². The molecule has 4 rings (SSSR count). The van der Waals surface area contributed by atoms with Crippen LogP contribution in [0, 0.1) is 11.3 Å². The molecule has 3 aliphatic heterocycles. The maximum absolute atomic E-state index is 13.2. The van der Waals surface area contributed by atoms with Crippen LogP contribution in [0.3, 0.4) is 0 Å². The molecule has 1 spiro atoms. The lowest BCUT2D eigenvalue weighted by Crippen LogP contribution is -2.54. The molecule has 3 heterocycles. The quantitative estimate of drug-likeness (QED) is 0.712. The van der Waals surface area contributed by atoms with E-state index in [2.05, 4.69) is 4.90 Å². The van der Waals surface area contributed by atoms with Gasteiger partial charge in [0.15, 0.2) is 0 Å². The van der Waals surface area contributed by atoms with Gasteiger partial charge in [0.05, 0.1) is 5.41 Å². The van der Waals surface area contributed by atoms with Gasteiger partial charge in [-0.05, 0) is 45.1 Å². The summed E-state index contributed by atoms with van der Waals surface area (Å²) in [5, 5.41) is 0. The lowest BCUT2D eigenvalue weighted by molar-refractivity contribution is -0.146. The number of piperidine rings is 1. The summed E-state index contributed by atoms with van der Waals surface area (Å²) in [4.78, 5) is 17.4. The summed E-state index contributed by atoms with van der Waals surface area (Å²) >= 11 is 0. The van der Waals surface area contributed by atoms with Gasteiger partial charge in [0.1, 0.15) is 0 Å². The molecular formula is C18H32N4O3S. The van der Waals surface area contributed by atoms with Crippen LogP contribution in [-0.2, 0) is 15.0 Å². The van der Waals surface area contributed by atoms with Crippen LogP contribution in [0.1, 0.15) is 38.5 Å². The summed E-state index contributed by atoms with van der Waals surface area (Å²) in [5.74, 6) is 0.882. The van der Waals surface area contributed by atoms with E-state index >= 15 is 0 Å². The number of likely N-dealkylation sites (N-methyl/N-ethyl adjacent to an activating group) is 1. The molecule has 26 heavy (non-hydrogen) atoms. The van der Waals surface area contributed by atoms with Crippen LogP contribution in [0.2, 0.25) is 0 Å². The fraction of sp³-hybridized carbons (Fsp3) is 0.944. The Morgan fingerprint density at radius 1 is 0.962 bits per heavy atom. The van der Waals surface area contributed by atoms with E-state index in [9.17, 15) is 13.2 Å². The Kier molecular flexibility index (Phi) is 5.05. The SMILES string of the molecule is CN1CCN(S(=O)(=O)N2CCC3(CCCN(CC4CCC4)C3=O)C2)CC1. The Labute approximate surface area is 157 Å². The minimum atomic E-state index is -3.45. The number of carbonyl (C=O) groups is 1. The smallest absolute Gasteiger partial charge is 0.282 e. The molecule has 1 atom stereocenters. The van der Waals surface area contributed by atoms with E-state index in [1.54, 1.807) is 8.61 Å². The lowest BCUT2D eigenvalue weighted by Gasteiger charge is -2.42. The number of hydrogen-bond acceptors (Lipinski definition) is 4. The fourth-order valence-corrected chi connectivity index (χ4v) is 6.59. The molecule has 0 aromatic carbocycles. The number of carbonyl (C=O) groups excluding carboxylic acids is 1. The van der Waals surface area contributed by atoms with Gasteiger partial charge in [0.2, 0.25) is 5.91 Å². The van der Waals surface area contributed by atoms with Crippen LogP contribution < -0.4 is 0 Å². The van der Waals surface area contributed by atoms with Gasteiger partial charge >= 0.3 is 0 Å². The number of nitrogens with zero attached hydrogens (tertiary/aromatic N) is 4. The Morgan fingerprint density at radius 3 is 2.35 bits per heavy atom. The summed E-state index contributed by atoms with van der Waals surface area (Å²) < 4.78 is 29.3. The summed E-state index contributed by atoms with van der Waals surface area (Å²) in [6, 6.07) is 0. The third-order valence-electron chi connectivity index (χ3n) is 6.96. The van der Waals surface area contributed by atoms with Crippen LogP contribution in [-0.4, -0.2) is 92.1 Å². The van der Waals surface area contributed by atoms with Crippen molar-refractivity contribution < 1.29 is 13.2 Å². The number of likely N-dealkylation sites (tertiary alicyclic amines) is 1. The van der Waals surface area contributed by atoms with Crippen molar-refractivity contribution in [2.75, 3.05) is 59.4 Å². The van der Waals surface area contributed by atoms with E-state index in [1.807, 2.05) is 11.9 Å². The Hall–Kier alpha value is -0.700. The molecule has 4 fully saturated rings. The first kappa shape index (κ1) is 18.7. The molecule has 1 amide bonds. The molecule has 0 bridgehead atoms. The van der Waals surface area contributed by atoms with Crippen molar-refractivity contribution in [1.29, 1.82) is 0 Å². The Balaban J connectivity index is 1.43. The zero-order chi connectivity index (χ0) is 18.4. The first-order chi connectivity index (χ1) is 12.4. The summed E-state index contributed by atoms with van der Waals surface area (Å²) in [6.07, 6.45) is 6.28. The van der Waals surface area contributed by atoms with Crippen molar-refractivity contribution >= 4 is 16.1 Å². The van der Waals surface area contributed by atoms with Crippen molar-refractivity contribution in [2.24, 2.45) is 11.3 Å². The van der Waals surface area contributed by atoms with Crippen LogP contribution in [0.4, 0.5) is 0 Å². The molecule has 1 saturated carbocycles. The van der Waals surface area contributed by atoms with E-state index in [-0.39, 0.29) is 5.91 Å². The lowest BCUT2D eigenvalue weighted by atomic mass is 9.77.